The molecule has 0 N–H and O–H groups in total. The minimum absolute atomic E-state index is 0.328. The highest BCUT2D eigenvalue weighted by atomic mass is 32.1. The van der Waals surface area contributed by atoms with Crippen molar-refractivity contribution < 1.29 is 23.7 Å². The number of thiazole rings is 1. The number of benzene rings is 1. The van der Waals surface area contributed by atoms with Gasteiger partial charge in [0.1, 0.15) is 22.0 Å². The average Bonchev–Trinajstić information content (AvgIpc) is 3.43. The van der Waals surface area contributed by atoms with Gasteiger partial charge in [0.05, 0.1) is 51.8 Å². The number of aromatic nitrogens is 2. The zero-order chi connectivity index (χ0) is 24.4. The minimum atomic E-state index is 0.328. The number of anilines is 1. The third kappa shape index (κ3) is 4.57. The maximum absolute atomic E-state index is 5.90. The van der Waals surface area contributed by atoms with Crippen LogP contribution < -0.4 is 19.1 Å². The molecular formula is C26H35N3O5S. The van der Waals surface area contributed by atoms with Gasteiger partial charge in [0.2, 0.25) is 0 Å². The summed E-state index contributed by atoms with van der Waals surface area (Å²) < 4.78 is 30.7. The first-order valence-electron chi connectivity index (χ1n) is 12.3. The molecule has 1 saturated carbocycles. The summed E-state index contributed by atoms with van der Waals surface area (Å²) in [6.07, 6.45) is 6.09. The summed E-state index contributed by atoms with van der Waals surface area (Å²) in [5.74, 6) is 2.81. The van der Waals surface area contributed by atoms with Crippen LogP contribution in [0.5, 0.6) is 17.4 Å². The van der Waals surface area contributed by atoms with Crippen molar-refractivity contribution in [3.63, 3.8) is 0 Å². The highest BCUT2D eigenvalue weighted by Gasteiger charge is 2.33. The Morgan fingerprint density at radius 1 is 1.06 bits per heavy atom. The molecule has 2 aliphatic rings. The third-order valence-corrected chi connectivity index (χ3v) is 8.10. The van der Waals surface area contributed by atoms with Crippen molar-refractivity contribution in [3.8, 4) is 28.6 Å². The number of fused-ring (bicyclic) bond motifs is 1. The van der Waals surface area contributed by atoms with Gasteiger partial charge in [0.15, 0.2) is 0 Å². The molecular weight excluding hydrogens is 466 g/mol. The Labute approximate surface area is 210 Å². The van der Waals surface area contributed by atoms with Gasteiger partial charge in [-0.15, -0.1) is 16.4 Å². The summed E-state index contributed by atoms with van der Waals surface area (Å²) >= 11 is 1.67. The van der Waals surface area contributed by atoms with E-state index < -0.39 is 0 Å². The lowest BCUT2D eigenvalue weighted by atomic mass is 9.84. The number of hydrogen-bond acceptors (Lipinski definition) is 8. The van der Waals surface area contributed by atoms with E-state index in [0.29, 0.717) is 24.4 Å². The molecule has 8 nitrogen and oxygen atoms in total. The summed E-state index contributed by atoms with van der Waals surface area (Å²) in [6, 6.07) is 4.32. The molecule has 3 aromatic rings. The molecule has 9 heteroatoms. The molecule has 1 saturated heterocycles. The lowest BCUT2D eigenvalue weighted by Gasteiger charge is -2.39. The summed E-state index contributed by atoms with van der Waals surface area (Å²) in [4.78, 5) is 3.58. The van der Waals surface area contributed by atoms with Gasteiger partial charge in [-0.3, -0.25) is 0 Å². The van der Waals surface area contributed by atoms with E-state index >= 15 is 0 Å². The molecule has 3 heterocycles. The van der Waals surface area contributed by atoms with E-state index in [1.165, 1.54) is 19.3 Å². The van der Waals surface area contributed by atoms with E-state index in [-0.39, 0.29) is 0 Å². The lowest BCUT2D eigenvalue weighted by molar-refractivity contribution is 0.0771. The topological polar surface area (TPSA) is 66.7 Å². The smallest absolute Gasteiger partial charge is 0.258 e. The fourth-order valence-electron chi connectivity index (χ4n) is 5.17. The van der Waals surface area contributed by atoms with Crippen molar-refractivity contribution in [2.45, 2.75) is 44.8 Å². The van der Waals surface area contributed by atoms with Crippen LogP contribution in [0, 0.1) is 5.92 Å². The zero-order valence-electron chi connectivity index (χ0n) is 21.0. The molecule has 0 radical (unpaired) electrons. The van der Waals surface area contributed by atoms with Crippen LogP contribution in [-0.2, 0) is 16.1 Å². The highest BCUT2D eigenvalue weighted by molar-refractivity contribution is 7.16. The van der Waals surface area contributed by atoms with Crippen LogP contribution >= 0.6 is 11.3 Å². The van der Waals surface area contributed by atoms with Gasteiger partial charge < -0.3 is 28.6 Å². The maximum Gasteiger partial charge on any atom is 0.258 e. The first kappa shape index (κ1) is 24.2. The Bertz CT molecular complexity index is 1120. The molecule has 1 aliphatic carbocycles. The molecule has 1 atom stereocenters. The summed E-state index contributed by atoms with van der Waals surface area (Å²) in [5, 5.41) is 7.06. The fourth-order valence-corrected chi connectivity index (χ4v) is 6.16. The molecule has 1 unspecified atom stereocenters. The van der Waals surface area contributed by atoms with Crippen molar-refractivity contribution in [3.05, 3.63) is 23.1 Å². The quantitative estimate of drug-likeness (QED) is 0.386. The lowest BCUT2D eigenvalue weighted by Crippen LogP contribution is -2.45. The van der Waals surface area contributed by atoms with Crippen molar-refractivity contribution >= 4 is 21.9 Å². The molecule has 190 valence electrons. The molecule has 2 fully saturated rings. The monoisotopic (exact) mass is 501 g/mol. The normalized spacial score (nSPS) is 18.5. The van der Waals surface area contributed by atoms with Crippen LogP contribution in [0.2, 0.25) is 0 Å². The van der Waals surface area contributed by atoms with Crippen LogP contribution in [0.3, 0.4) is 0 Å². The number of methoxy groups -OCH3 is 4. The van der Waals surface area contributed by atoms with Crippen LogP contribution in [-0.4, -0.2) is 63.9 Å². The van der Waals surface area contributed by atoms with Gasteiger partial charge in [0.25, 0.3) is 5.88 Å². The molecule has 0 amide bonds. The predicted octanol–water partition coefficient (Wildman–Crippen LogP) is 5.02. The van der Waals surface area contributed by atoms with Gasteiger partial charge in [0, 0.05) is 25.6 Å². The Morgan fingerprint density at radius 3 is 2.40 bits per heavy atom. The highest BCUT2D eigenvalue weighted by Crippen LogP contribution is 2.46. The van der Waals surface area contributed by atoms with Crippen molar-refractivity contribution in [2.75, 3.05) is 53.1 Å². The predicted molar refractivity (Wildman–Crippen MR) is 137 cm³/mol. The van der Waals surface area contributed by atoms with E-state index in [0.717, 1.165) is 71.4 Å². The molecule has 1 aliphatic heterocycles. The van der Waals surface area contributed by atoms with E-state index in [9.17, 15) is 0 Å². The zero-order valence-corrected chi connectivity index (χ0v) is 21.9. The number of hydrogen-bond donors (Lipinski definition) is 0. The second-order valence-electron chi connectivity index (χ2n) is 9.32. The van der Waals surface area contributed by atoms with Crippen molar-refractivity contribution in [1.82, 2.24) is 9.61 Å². The molecule has 2 aromatic heterocycles. The summed E-state index contributed by atoms with van der Waals surface area (Å²) in [7, 11) is 6.74. The molecule has 5 rings (SSSR count). The van der Waals surface area contributed by atoms with Crippen LogP contribution in [0.4, 0.5) is 5.69 Å². The van der Waals surface area contributed by atoms with Gasteiger partial charge in [-0.2, -0.15) is 0 Å². The van der Waals surface area contributed by atoms with E-state index in [4.69, 9.17) is 28.8 Å². The first-order chi connectivity index (χ1) is 17.2. The second kappa shape index (κ2) is 10.6. The largest absolute Gasteiger partial charge is 0.496 e. The number of ether oxygens (including phenoxy) is 5. The Hall–Kier alpha value is -2.49. The SMILES string of the molecule is COCc1cc(OC)c(-c2csc3c(N(CC4CCC4)C4CCCOC4)c(OC)nn23)c(OC)c1. The van der Waals surface area contributed by atoms with E-state index in [1.807, 2.05) is 16.6 Å². The van der Waals surface area contributed by atoms with Crippen molar-refractivity contribution in [2.24, 2.45) is 5.92 Å². The molecule has 35 heavy (non-hydrogen) atoms. The van der Waals surface area contributed by atoms with Crippen LogP contribution in [0.1, 0.15) is 37.7 Å². The fraction of sp³-hybridized carbons (Fsp3) is 0.577. The Balaban J connectivity index is 1.63. The molecule has 0 spiro atoms. The maximum atomic E-state index is 5.90. The van der Waals surface area contributed by atoms with Crippen LogP contribution in [0.25, 0.3) is 16.1 Å². The standard InChI is InChI=1S/C26H35N3O5S/c1-30-14-18-11-21(31-2)23(22(12-18)32-3)20-16-35-26-24(25(33-4)27-29(20)26)28(13-17-7-5-8-17)19-9-6-10-34-15-19/h11-12,16-17,19H,5-10,13-15H2,1-4H3. The summed E-state index contributed by atoms with van der Waals surface area (Å²) in [6.45, 7) is 3.08. The van der Waals surface area contributed by atoms with Gasteiger partial charge in [-0.1, -0.05) is 6.42 Å². The van der Waals surface area contributed by atoms with Crippen molar-refractivity contribution in [1.29, 1.82) is 0 Å². The third-order valence-electron chi connectivity index (χ3n) is 7.17. The molecule has 1 aromatic carbocycles. The minimum Gasteiger partial charge on any atom is -0.496 e. The van der Waals surface area contributed by atoms with Crippen LogP contribution in [0.15, 0.2) is 17.5 Å². The van der Waals surface area contributed by atoms with E-state index in [2.05, 4.69) is 10.3 Å². The average molecular weight is 502 g/mol. The number of rotatable bonds is 10. The Morgan fingerprint density at radius 2 is 1.83 bits per heavy atom. The van der Waals surface area contributed by atoms with Gasteiger partial charge in [-0.05, 0) is 49.3 Å². The molecule has 0 bridgehead atoms. The first-order valence-corrected chi connectivity index (χ1v) is 13.2. The van der Waals surface area contributed by atoms with Gasteiger partial charge in [-0.25, -0.2) is 4.52 Å². The van der Waals surface area contributed by atoms with E-state index in [1.54, 1.807) is 39.8 Å². The summed E-state index contributed by atoms with van der Waals surface area (Å²) in [5.41, 5.74) is 3.83. The second-order valence-corrected chi connectivity index (χ2v) is 10.2. The Kier molecular flexibility index (Phi) is 7.36. The van der Waals surface area contributed by atoms with Gasteiger partial charge >= 0.3 is 0 Å². The number of nitrogens with zero attached hydrogens (tertiary/aromatic N) is 3.